The summed E-state index contributed by atoms with van der Waals surface area (Å²) in [6.45, 7) is 1.86. The number of aromatic nitrogens is 2. The summed E-state index contributed by atoms with van der Waals surface area (Å²) in [7, 11) is -3.28. The van der Waals surface area contributed by atoms with Crippen molar-refractivity contribution in [3.8, 4) is 5.75 Å². The number of nitrogens with zero attached hydrogens (tertiary/aromatic N) is 4. The van der Waals surface area contributed by atoms with Crippen molar-refractivity contribution in [1.82, 2.24) is 19.3 Å². The molecular weight excluding hydrogens is 480 g/mol. The number of piperidine rings is 2. The van der Waals surface area contributed by atoms with Crippen LogP contribution in [0.5, 0.6) is 5.75 Å². The molecule has 2 fully saturated rings. The van der Waals surface area contributed by atoms with Crippen molar-refractivity contribution < 1.29 is 35.2 Å². The highest BCUT2D eigenvalue weighted by atomic mass is 32.2. The van der Waals surface area contributed by atoms with Crippen molar-refractivity contribution >= 4 is 10.0 Å². The quantitative estimate of drug-likeness (QED) is 0.532. The van der Waals surface area contributed by atoms with Crippen molar-refractivity contribution in [3.05, 3.63) is 41.0 Å². The maximum Gasteiger partial charge on any atom is 0.300 e. The van der Waals surface area contributed by atoms with E-state index in [4.69, 9.17) is 9.26 Å². The fourth-order valence-corrected chi connectivity index (χ4v) is 5.29. The molecule has 3 heterocycles. The van der Waals surface area contributed by atoms with E-state index in [1.54, 1.807) is 0 Å². The van der Waals surface area contributed by atoms with E-state index in [2.05, 4.69) is 10.1 Å². The number of rotatable bonds is 7. The van der Waals surface area contributed by atoms with E-state index >= 15 is 0 Å². The molecule has 34 heavy (non-hydrogen) atoms. The lowest BCUT2D eigenvalue weighted by Crippen LogP contribution is -2.38. The molecule has 0 spiro atoms. The van der Waals surface area contributed by atoms with E-state index < -0.39 is 45.8 Å². The van der Waals surface area contributed by atoms with Crippen LogP contribution in [0.15, 0.2) is 16.7 Å². The van der Waals surface area contributed by atoms with Crippen LogP contribution in [-0.2, 0) is 16.6 Å². The monoisotopic (exact) mass is 506 g/mol. The molecule has 0 saturated carbocycles. The Hall–Kier alpha value is -2.25. The number of alkyl halides is 2. The van der Waals surface area contributed by atoms with Gasteiger partial charge in [0, 0.05) is 26.2 Å². The highest BCUT2D eigenvalue weighted by Gasteiger charge is 2.29. The largest absolute Gasteiger partial charge is 0.484 e. The molecule has 188 valence electrons. The van der Waals surface area contributed by atoms with E-state index in [-0.39, 0.29) is 18.4 Å². The van der Waals surface area contributed by atoms with E-state index in [1.165, 1.54) is 16.4 Å². The zero-order valence-corrected chi connectivity index (χ0v) is 19.4. The maximum atomic E-state index is 14.7. The number of ether oxygens (including phenoxy) is 1. The van der Waals surface area contributed by atoms with Gasteiger partial charge >= 0.3 is 6.43 Å². The third-order valence-corrected chi connectivity index (χ3v) is 7.58. The van der Waals surface area contributed by atoms with Gasteiger partial charge in [0.05, 0.1) is 12.8 Å². The zero-order valence-electron chi connectivity index (χ0n) is 18.6. The van der Waals surface area contributed by atoms with Gasteiger partial charge in [0.25, 0.3) is 0 Å². The molecule has 8 nitrogen and oxygen atoms in total. The molecule has 1 aromatic carbocycles. The molecule has 0 radical (unpaired) electrons. The second kappa shape index (κ2) is 10.2. The first kappa shape index (κ1) is 24.9. The first-order valence-electron chi connectivity index (χ1n) is 11.0. The Labute approximate surface area is 194 Å². The molecule has 0 aliphatic carbocycles. The summed E-state index contributed by atoms with van der Waals surface area (Å²) in [6.07, 6.45) is -0.0951. The fourth-order valence-electron chi connectivity index (χ4n) is 4.41. The summed E-state index contributed by atoms with van der Waals surface area (Å²) in [5, 5.41) is 3.23. The standard InChI is InChI=1S/C21H26F4N4O4S/c1-34(30,31)29-8-2-13(3-9-29)14-10-16(22)19(17(23)11-14)32-15-4-6-28(7-5-15)12-18-26-21(20(24)25)27-33-18/h10-11,13,15,20H,2-9,12H2,1H3. The van der Waals surface area contributed by atoms with Crippen LogP contribution in [0, 0.1) is 11.6 Å². The molecule has 0 unspecified atom stereocenters. The summed E-state index contributed by atoms with van der Waals surface area (Å²) in [5.41, 5.74) is 0.494. The van der Waals surface area contributed by atoms with E-state index in [1.807, 2.05) is 4.90 Å². The summed E-state index contributed by atoms with van der Waals surface area (Å²) in [5.74, 6) is -2.68. The summed E-state index contributed by atoms with van der Waals surface area (Å²) in [4.78, 5) is 5.56. The Morgan fingerprint density at radius 1 is 1.09 bits per heavy atom. The average molecular weight is 507 g/mol. The number of benzene rings is 1. The molecule has 4 rings (SSSR count). The minimum absolute atomic E-state index is 0.0877. The summed E-state index contributed by atoms with van der Waals surface area (Å²) < 4.78 is 89.8. The van der Waals surface area contributed by atoms with Crippen LogP contribution in [0.1, 0.15) is 55.3 Å². The molecule has 0 atom stereocenters. The van der Waals surface area contributed by atoms with Crippen molar-refractivity contribution in [2.45, 2.75) is 50.7 Å². The highest BCUT2D eigenvalue weighted by Crippen LogP contribution is 2.34. The Kier molecular flexibility index (Phi) is 7.43. The van der Waals surface area contributed by atoms with E-state index in [9.17, 15) is 26.0 Å². The predicted molar refractivity (Wildman–Crippen MR) is 113 cm³/mol. The van der Waals surface area contributed by atoms with E-state index in [0.717, 1.165) is 6.26 Å². The van der Waals surface area contributed by atoms with Gasteiger partial charge in [-0.15, -0.1) is 0 Å². The smallest absolute Gasteiger partial charge is 0.300 e. The van der Waals surface area contributed by atoms with Crippen LogP contribution in [-0.4, -0.2) is 66.3 Å². The van der Waals surface area contributed by atoms with Crippen molar-refractivity contribution in [3.63, 3.8) is 0 Å². The van der Waals surface area contributed by atoms with Crippen LogP contribution >= 0.6 is 0 Å². The lowest BCUT2D eigenvalue weighted by molar-refractivity contribution is 0.0842. The molecule has 0 N–H and O–H groups in total. The van der Waals surface area contributed by atoms with Crippen LogP contribution < -0.4 is 4.74 Å². The van der Waals surface area contributed by atoms with Gasteiger partial charge in [-0.3, -0.25) is 4.90 Å². The lowest BCUT2D eigenvalue weighted by atomic mass is 9.90. The molecule has 13 heteroatoms. The van der Waals surface area contributed by atoms with Gasteiger partial charge in [0.15, 0.2) is 17.4 Å². The molecule has 0 amide bonds. The van der Waals surface area contributed by atoms with E-state index in [0.29, 0.717) is 57.4 Å². The normalized spacial score (nSPS) is 19.7. The predicted octanol–water partition coefficient (Wildman–Crippen LogP) is 3.47. The molecule has 0 bridgehead atoms. The van der Waals surface area contributed by atoms with Crippen LogP contribution in [0.25, 0.3) is 0 Å². The van der Waals surface area contributed by atoms with Crippen molar-refractivity contribution in [2.24, 2.45) is 0 Å². The van der Waals surface area contributed by atoms with Gasteiger partial charge in [0.1, 0.15) is 6.10 Å². The Balaban J connectivity index is 1.31. The van der Waals surface area contributed by atoms with Crippen molar-refractivity contribution in [2.75, 3.05) is 32.4 Å². The topological polar surface area (TPSA) is 88.8 Å². The zero-order chi connectivity index (χ0) is 24.5. The third-order valence-electron chi connectivity index (χ3n) is 6.27. The Morgan fingerprint density at radius 2 is 1.71 bits per heavy atom. The molecule has 2 aliphatic heterocycles. The van der Waals surface area contributed by atoms with Crippen molar-refractivity contribution in [1.29, 1.82) is 0 Å². The molecule has 2 aromatic rings. The number of sulfonamides is 1. The van der Waals surface area contributed by atoms with Gasteiger partial charge in [-0.05, 0) is 49.3 Å². The van der Waals surface area contributed by atoms with Crippen LogP contribution in [0.4, 0.5) is 17.6 Å². The minimum atomic E-state index is -3.28. The number of hydrogen-bond acceptors (Lipinski definition) is 7. The second-order valence-electron chi connectivity index (χ2n) is 8.69. The maximum absolute atomic E-state index is 14.7. The molecule has 2 saturated heterocycles. The Morgan fingerprint density at radius 3 is 2.24 bits per heavy atom. The highest BCUT2D eigenvalue weighted by molar-refractivity contribution is 7.88. The Bertz CT molecular complexity index is 1070. The van der Waals surface area contributed by atoms with Gasteiger partial charge in [-0.25, -0.2) is 30.3 Å². The van der Waals surface area contributed by atoms with Crippen LogP contribution in [0.3, 0.4) is 0 Å². The summed E-state index contributed by atoms with van der Waals surface area (Å²) in [6, 6.07) is 2.54. The van der Waals surface area contributed by atoms with Gasteiger partial charge in [-0.2, -0.15) is 4.98 Å². The van der Waals surface area contributed by atoms with Gasteiger partial charge in [0.2, 0.25) is 21.7 Å². The SMILES string of the molecule is CS(=O)(=O)N1CCC(c2cc(F)c(OC3CCN(Cc4nc(C(F)F)no4)CC3)c(F)c2)CC1. The average Bonchev–Trinajstić information content (AvgIpc) is 3.26. The van der Waals surface area contributed by atoms with Crippen LogP contribution in [0.2, 0.25) is 0 Å². The third kappa shape index (κ3) is 5.87. The molecule has 2 aliphatic rings. The van der Waals surface area contributed by atoms with Gasteiger partial charge in [-0.1, -0.05) is 5.16 Å². The molecule has 1 aromatic heterocycles. The number of halogens is 4. The summed E-state index contributed by atoms with van der Waals surface area (Å²) >= 11 is 0. The minimum Gasteiger partial charge on any atom is -0.484 e. The lowest BCUT2D eigenvalue weighted by Gasteiger charge is -2.32. The number of likely N-dealkylation sites (tertiary alicyclic amines) is 1. The molecular formula is C21H26F4N4O4S. The number of hydrogen-bond donors (Lipinski definition) is 0. The fraction of sp³-hybridized carbons (Fsp3) is 0.619. The first-order chi connectivity index (χ1) is 16.1. The van der Waals surface area contributed by atoms with Gasteiger partial charge < -0.3 is 9.26 Å². The first-order valence-corrected chi connectivity index (χ1v) is 12.9. The second-order valence-corrected chi connectivity index (χ2v) is 10.7.